The summed E-state index contributed by atoms with van der Waals surface area (Å²) in [7, 11) is 0. The summed E-state index contributed by atoms with van der Waals surface area (Å²) < 4.78 is 6.28. The van der Waals surface area contributed by atoms with Gasteiger partial charge in [0.15, 0.2) is 6.10 Å². The number of hydrogen-bond donors (Lipinski definition) is 0. The number of carbonyl (C=O) groups is 3. The number of benzene rings is 2. The molecule has 1 aliphatic heterocycles. The fourth-order valence-electron chi connectivity index (χ4n) is 3.07. The third kappa shape index (κ3) is 4.83. The molecule has 1 unspecified atom stereocenters. The van der Waals surface area contributed by atoms with Crippen LogP contribution >= 0.6 is 27.7 Å². The fourth-order valence-corrected chi connectivity index (χ4v) is 4.02. The zero-order valence-corrected chi connectivity index (χ0v) is 18.0. The Labute approximate surface area is 176 Å². The van der Waals surface area contributed by atoms with Gasteiger partial charge in [0, 0.05) is 34.1 Å². The molecule has 1 aliphatic rings. The molecule has 0 bridgehead atoms. The highest BCUT2D eigenvalue weighted by Crippen LogP contribution is 2.29. The van der Waals surface area contributed by atoms with Crippen LogP contribution in [0.15, 0.2) is 51.8 Å². The van der Waals surface area contributed by atoms with Crippen molar-refractivity contribution in [3.05, 3.63) is 58.1 Å². The monoisotopic (exact) mass is 461 g/mol. The van der Waals surface area contributed by atoms with Gasteiger partial charge in [-0.3, -0.25) is 14.4 Å². The Morgan fingerprint density at radius 1 is 1.18 bits per heavy atom. The molecule has 1 amide bonds. The first kappa shape index (κ1) is 20.6. The molecule has 7 heteroatoms. The predicted octanol–water partition coefficient (Wildman–Crippen LogP) is 4.26. The molecule has 0 N–H and O–H groups in total. The van der Waals surface area contributed by atoms with Crippen molar-refractivity contribution in [2.24, 2.45) is 0 Å². The van der Waals surface area contributed by atoms with Gasteiger partial charge in [0.05, 0.1) is 5.75 Å². The molecule has 0 spiro atoms. The van der Waals surface area contributed by atoms with E-state index in [9.17, 15) is 14.4 Å². The van der Waals surface area contributed by atoms with Gasteiger partial charge in [-0.2, -0.15) is 0 Å². The number of amides is 1. The number of carbonyl (C=O) groups excluding carboxylic acids is 3. The van der Waals surface area contributed by atoms with Crippen molar-refractivity contribution in [3.63, 3.8) is 0 Å². The van der Waals surface area contributed by atoms with Gasteiger partial charge in [-0.1, -0.05) is 15.9 Å². The Morgan fingerprint density at radius 2 is 1.89 bits per heavy atom. The van der Waals surface area contributed by atoms with Crippen molar-refractivity contribution in [2.75, 3.05) is 17.2 Å². The molecule has 0 saturated carbocycles. The lowest BCUT2D eigenvalue weighted by Gasteiger charge is -2.16. The molecule has 0 radical (unpaired) electrons. The van der Waals surface area contributed by atoms with Crippen LogP contribution in [0.5, 0.6) is 0 Å². The first-order chi connectivity index (χ1) is 13.3. The third-order valence-corrected chi connectivity index (χ3v) is 6.00. The highest BCUT2D eigenvalue weighted by Gasteiger charge is 2.25. The van der Waals surface area contributed by atoms with E-state index in [0.29, 0.717) is 18.5 Å². The Hall–Kier alpha value is -2.12. The predicted molar refractivity (Wildman–Crippen MR) is 113 cm³/mol. The maximum absolute atomic E-state index is 12.6. The standard InChI is InChI=1S/C21H20BrNO4S/c1-13(27-20(25)12-28-18-6-4-17(22)5-7-18)21(26)16-3-8-19-15(11-16)9-10-23(19)14(2)24/h3-8,11,13H,9-10,12H2,1-2H3. The molecule has 5 nitrogen and oxygen atoms in total. The van der Waals surface area contributed by atoms with E-state index in [1.165, 1.54) is 18.7 Å². The van der Waals surface area contributed by atoms with Crippen molar-refractivity contribution in [2.45, 2.75) is 31.3 Å². The van der Waals surface area contributed by atoms with Crippen molar-refractivity contribution in [1.82, 2.24) is 0 Å². The van der Waals surface area contributed by atoms with Crippen LogP contribution in [0.25, 0.3) is 0 Å². The van der Waals surface area contributed by atoms with E-state index in [1.807, 2.05) is 24.3 Å². The lowest BCUT2D eigenvalue weighted by Crippen LogP contribution is -2.26. The second-order valence-corrected chi connectivity index (χ2v) is 8.47. The van der Waals surface area contributed by atoms with Crippen molar-refractivity contribution in [1.29, 1.82) is 0 Å². The number of Topliss-reactive ketones (excluding diaryl/α,β-unsaturated/α-hetero) is 1. The fraction of sp³-hybridized carbons (Fsp3) is 0.286. The molecule has 2 aromatic rings. The van der Waals surface area contributed by atoms with Crippen LogP contribution in [0, 0.1) is 0 Å². The maximum atomic E-state index is 12.6. The molecule has 28 heavy (non-hydrogen) atoms. The van der Waals surface area contributed by atoms with E-state index in [4.69, 9.17) is 4.74 Å². The van der Waals surface area contributed by atoms with E-state index in [1.54, 1.807) is 30.0 Å². The molecule has 146 valence electrons. The number of esters is 1. The van der Waals surface area contributed by atoms with Gasteiger partial charge in [0.25, 0.3) is 0 Å². The van der Waals surface area contributed by atoms with E-state index >= 15 is 0 Å². The molecule has 0 fully saturated rings. The zero-order valence-electron chi connectivity index (χ0n) is 15.6. The second-order valence-electron chi connectivity index (χ2n) is 6.50. The Morgan fingerprint density at radius 3 is 2.57 bits per heavy atom. The number of anilines is 1. The summed E-state index contributed by atoms with van der Waals surface area (Å²) in [5, 5.41) is 0. The number of hydrogen-bond acceptors (Lipinski definition) is 5. The van der Waals surface area contributed by atoms with E-state index in [-0.39, 0.29) is 17.4 Å². The summed E-state index contributed by atoms with van der Waals surface area (Å²) in [5.74, 6) is -0.552. The first-order valence-electron chi connectivity index (χ1n) is 8.88. The summed E-state index contributed by atoms with van der Waals surface area (Å²) in [6.45, 7) is 3.74. The Balaban J connectivity index is 1.57. The van der Waals surface area contributed by atoms with Crippen LogP contribution in [-0.4, -0.2) is 36.1 Å². The van der Waals surface area contributed by atoms with Crippen molar-refractivity contribution in [3.8, 4) is 0 Å². The van der Waals surface area contributed by atoms with Gasteiger partial charge >= 0.3 is 5.97 Å². The highest BCUT2D eigenvalue weighted by atomic mass is 79.9. The van der Waals surface area contributed by atoms with Gasteiger partial charge in [-0.05, 0) is 61.4 Å². The molecule has 0 aliphatic carbocycles. The first-order valence-corrected chi connectivity index (χ1v) is 10.7. The van der Waals surface area contributed by atoms with Crippen LogP contribution in [0.2, 0.25) is 0 Å². The SMILES string of the molecule is CC(=O)N1CCc2cc(C(=O)C(C)OC(=O)CSc3ccc(Br)cc3)ccc21. The van der Waals surface area contributed by atoms with Gasteiger partial charge < -0.3 is 9.64 Å². The molecule has 0 saturated heterocycles. The summed E-state index contributed by atoms with van der Waals surface area (Å²) in [6, 6.07) is 12.9. The highest BCUT2D eigenvalue weighted by molar-refractivity contribution is 9.10. The van der Waals surface area contributed by atoms with Gasteiger partial charge in [0.1, 0.15) is 0 Å². The Kier molecular flexibility index (Phi) is 6.57. The molecule has 1 atom stereocenters. The molecule has 0 aromatic heterocycles. The zero-order chi connectivity index (χ0) is 20.3. The minimum Gasteiger partial charge on any atom is -0.454 e. The quantitative estimate of drug-likeness (QED) is 0.365. The number of fused-ring (bicyclic) bond motifs is 1. The number of thioether (sulfide) groups is 1. The lowest BCUT2D eigenvalue weighted by molar-refractivity contribution is -0.143. The van der Waals surface area contributed by atoms with Gasteiger partial charge in [0.2, 0.25) is 11.7 Å². The maximum Gasteiger partial charge on any atom is 0.316 e. The average molecular weight is 462 g/mol. The smallest absolute Gasteiger partial charge is 0.316 e. The number of rotatable bonds is 6. The number of halogens is 1. The molecule has 1 heterocycles. The molecule has 2 aromatic carbocycles. The number of ether oxygens (including phenoxy) is 1. The summed E-state index contributed by atoms with van der Waals surface area (Å²) in [5.41, 5.74) is 2.30. The lowest BCUT2D eigenvalue weighted by atomic mass is 10.0. The topological polar surface area (TPSA) is 63.7 Å². The second kappa shape index (κ2) is 8.92. The minimum absolute atomic E-state index is 0.0107. The number of nitrogens with zero attached hydrogens (tertiary/aromatic N) is 1. The van der Waals surface area contributed by atoms with Gasteiger partial charge in [-0.25, -0.2) is 0 Å². The van der Waals surface area contributed by atoms with Crippen LogP contribution in [-0.2, 0) is 20.7 Å². The summed E-state index contributed by atoms with van der Waals surface area (Å²) >= 11 is 4.73. The van der Waals surface area contributed by atoms with Crippen LogP contribution in [0.3, 0.4) is 0 Å². The normalized spacial score (nSPS) is 13.8. The molecule has 3 rings (SSSR count). The van der Waals surface area contributed by atoms with E-state index in [2.05, 4.69) is 15.9 Å². The van der Waals surface area contributed by atoms with Crippen LogP contribution in [0.1, 0.15) is 29.8 Å². The third-order valence-electron chi connectivity index (χ3n) is 4.49. The summed E-state index contributed by atoms with van der Waals surface area (Å²) in [6.07, 6.45) is -0.144. The van der Waals surface area contributed by atoms with E-state index in [0.717, 1.165) is 20.6 Å². The van der Waals surface area contributed by atoms with Crippen molar-refractivity contribution >= 4 is 51.0 Å². The van der Waals surface area contributed by atoms with Crippen LogP contribution < -0.4 is 4.90 Å². The Bertz CT molecular complexity index is 913. The summed E-state index contributed by atoms with van der Waals surface area (Å²) in [4.78, 5) is 39.0. The van der Waals surface area contributed by atoms with E-state index < -0.39 is 12.1 Å². The average Bonchev–Trinajstić information content (AvgIpc) is 3.10. The minimum atomic E-state index is -0.860. The molecular formula is C21H20BrNO4S. The van der Waals surface area contributed by atoms with Crippen LogP contribution in [0.4, 0.5) is 5.69 Å². The van der Waals surface area contributed by atoms with Gasteiger partial charge in [-0.15, -0.1) is 11.8 Å². The molecular weight excluding hydrogens is 442 g/mol. The largest absolute Gasteiger partial charge is 0.454 e. The van der Waals surface area contributed by atoms with Crippen molar-refractivity contribution < 1.29 is 19.1 Å². The number of ketones is 1.